The standard InChI is InChI=1S/C20H26N6O6/c1-10(24-17(28)8-21)18(29)25-14(7-16(22)27)19(30)26-15(20(31)32)6-11-9-23-13-5-3-2-4-12(11)13/h2-5,9-10,14-15,23H,6-8,21H2,1H3,(H2,22,27)(H,24,28)(H,25,29)(H,26,30)(H,31,32). The van der Waals surface area contributed by atoms with Gasteiger partial charge in [-0.05, 0) is 18.6 Å². The molecule has 0 aliphatic carbocycles. The van der Waals surface area contributed by atoms with E-state index >= 15 is 0 Å². The summed E-state index contributed by atoms with van der Waals surface area (Å²) in [5.41, 5.74) is 11.8. The summed E-state index contributed by atoms with van der Waals surface area (Å²) in [6, 6.07) is 3.47. The molecule has 0 aliphatic heterocycles. The fraction of sp³-hybridized carbons (Fsp3) is 0.350. The van der Waals surface area contributed by atoms with E-state index in [0.717, 1.165) is 10.9 Å². The second kappa shape index (κ2) is 10.9. The number of nitrogens with one attached hydrogen (secondary N) is 4. The molecule has 172 valence electrons. The van der Waals surface area contributed by atoms with E-state index in [4.69, 9.17) is 11.5 Å². The van der Waals surface area contributed by atoms with Crippen molar-refractivity contribution in [1.29, 1.82) is 0 Å². The van der Waals surface area contributed by atoms with Crippen molar-refractivity contribution in [3.8, 4) is 0 Å². The summed E-state index contributed by atoms with van der Waals surface area (Å²) >= 11 is 0. The van der Waals surface area contributed by atoms with Crippen LogP contribution in [-0.4, -0.2) is 64.4 Å². The van der Waals surface area contributed by atoms with Gasteiger partial charge in [0.05, 0.1) is 13.0 Å². The average molecular weight is 446 g/mol. The largest absolute Gasteiger partial charge is 0.480 e. The Kier molecular flexibility index (Phi) is 8.30. The van der Waals surface area contributed by atoms with Crippen molar-refractivity contribution >= 4 is 40.5 Å². The van der Waals surface area contributed by atoms with Crippen LogP contribution in [0.2, 0.25) is 0 Å². The smallest absolute Gasteiger partial charge is 0.326 e. The molecule has 4 amide bonds. The van der Waals surface area contributed by atoms with Gasteiger partial charge < -0.3 is 37.5 Å². The van der Waals surface area contributed by atoms with E-state index in [1.165, 1.54) is 6.92 Å². The van der Waals surface area contributed by atoms with Crippen LogP contribution in [0.1, 0.15) is 18.9 Å². The number of hydrogen-bond acceptors (Lipinski definition) is 6. The maximum absolute atomic E-state index is 12.7. The number of carbonyl (C=O) groups excluding carboxylic acids is 4. The van der Waals surface area contributed by atoms with Crippen LogP contribution in [0.25, 0.3) is 10.9 Å². The van der Waals surface area contributed by atoms with Crippen molar-refractivity contribution in [3.63, 3.8) is 0 Å². The molecule has 0 radical (unpaired) electrons. The molecule has 1 aromatic heterocycles. The summed E-state index contributed by atoms with van der Waals surface area (Å²) in [6.07, 6.45) is 1.05. The number of para-hydroxylation sites is 1. The first-order chi connectivity index (χ1) is 15.1. The minimum Gasteiger partial charge on any atom is -0.480 e. The Morgan fingerprint density at radius 2 is 1.69 bits per heavy atom. The highest BCUT2D eigenvalue weighted by Crippen LogP contribution is 2.19. The molecule has 0 saturated heterocycles. The first-order valence-electron chi connectivity index (χ1n) is 9.78. The van der Waals surface area contributed by atoms with Gasteiger partial charge in [0.25, 0.3) is 0 Å². The van der Waals surface area contributed by atoms with Crippen molar-refractivity contribution in [2.24, 2.45) is 11.5 Å². The Labute approximate surface area is 183 Å². The molecule has 1 heterocycles. The Hall–Kier alpha value is -3.93. The molecular weight excluding hydrogens is 420 g/mol. The van der Waals surface area contributed by atoms with Gasteiger partial charge in [-0.25, -0.2) is 4.79 Å². The number of amides is 4. The van der Waals surface area contributed by atoms with Crippen molar-refractivity contribution < 1.29 is 29.1 Å². The molecule has 0 fully saturated rings. The quantitative estimate of drug-likeness (QED) is 0.208. The SMILES string of the molecule is CC(NC(=O)CN)C(=O)NC(CC(N)=O)C(=O)NC(Cc1c[nH]c2ccccc12)C(=O)O. The van der Waals surface area contributed by atoms with E-state index in [1.807, 2.05) is 18.2 Å². The Bertz CT molecular complexity index is 1020. The zero-order valence-electron chi connectivity index (χ0n) is 17.4. The number of carbonyl (C=O) groups is 5. The van der Waals surface area contributed by atoms with Crippen LogP contribution < -0.4 is 27.4 Å². The Morgan fingerprint density at radius 3 is 2.31 bits per heavy atom. The molecule has 1 aromatic carbocycles. The third kappa shape index (κ3) is 6.54. The summed E-state index contributed by atoms with van der Waals surface area (Å²) in [7, 11) is 0. The molecule has 32 heavy (non-hydrogen) atoms. The van der Waals surface area contributed by atoms with Crippen LogP contribution in [0.3, 0.4) is 0 Å². The number of carboxylic acid groups (broad SMARTS) is 1. The minimum absolute atomic E-state index is 0.0364. The Morgan fingerprint density at radius 1 is 1.03 bits per heavy atom. The molecule has 3 unspecified atom stereocenters. The van der Waals surface area contributed by atoms with Gasteiger partial charge in [0.2, 0.25) is 23.6 Å². The summed E-state index contributed by atoms with van der Waals surface area (Å²) < 4.78 is 0. The van der Waals surface area contributed by atoms with Crippen LogP contribution in [0.5, 0.6) is 0 Å². The maximum Gasteiger partial charge on any atom is 0.326 e. The van der Waals surface area contributed by atoms with Gasteiger partial charge in [0.1, 0.15) is 18.1 Å². The topological polar surface area (TPSA) is 209 Å². The number of carboxylic acids is 1. The molecule has 0 saturated carbocycles. The number of benzene rings is 1. The van der Waals surface area contributed by atoms with Crippen LogP contribution >= 0.6 is 0 Å². The molecule has 12 heteroatoms. The number of rotatable bonds is 11. The van der Waals surface area contributed by atoms with E-state index in [-0.39, 0.29) is 13.0 Å². The first kappa shape index (κ1) is 24.3. The summed E-state index contributed by atoms with van der Waals surface area (Å²) in [5, 5.41) is 17.3. The molecule has 0 bridgehead atoms. The predicted molar refractivity (Wildman–Crippen MR) is 114 cm³/mol. The normalized spacial score (nSPS) is 13.6. The number of hydrogen-bond donors (Lipinski definition) is 7. The zero-order chi connectivity index (χ0) is 23.8. The lowest BCUT2D eigenvalue weighted by atomic mass is 10.0. The highest BCUT2D eigenvalue weighted by Gasteiger charge is 2.29. The number of nitrogens with two attached hydrogens (primary N) is 2. The molecule has 2 rings (SSSR count). The van der Waals surface area contributed by atoms with Gasteiger partial charge in [-0.3, -0.25) is 19.2 Å². The molecule has 0 spiro atoms. The van der Waals surface area contributed by atoms with Crippen molar-refractivity contribution in [3.05, 3.63) is 36.0 Å². The Balaban J connectivity index is 2.13. The van der Waals surface area contributed by atoms with E-state index in [2.05, 4.69) is 20.9 Å². The molecule has 12 nitrogen and oxygen atoms in total. The van der Waals surface area contributed by atoms with Crippen LogP contribution in [-0.2, 0) is 30.4 Å². The molecule has 3 atom stereocenters. The lowest BCUT2D eigenvalue weighted by molar-refractivity contribution is -0.142. The fourth-order valence-electron chi connectivity index (χ4n) is 3.07. The maximum atomic E-state index is 12.7. The molecule has 2 aromatic rings. The van der Waals surface area contributed by atoms with Gasteiger partial charge >= 0.3 is 5.97 Å². The number of aliphatic carboxylic acids is 1. The summed E-state index contributed by atoms with van der Waals surface area (Å²) in [6.45, 7) is 1.02. The third-order valence-corrected chi connectivity index (χ3v) is 4.71. The number of H-pyrrole nitrogens is 1. The third-order valence-electron chi connectivity index (χ3n) is 4.71. The second-order valence-corrected chi connectivity index (χ2v) is 7.19. The number of aromatic amines is 1. The van der Waals surface area contributed by atoms with E-state index in [1.54, 1.807) is 12.3 Å². The lowest BCUT2D eigenvalue weighted by Crippen LogP contribution is -2.56. The molecular formula is C20H26N6O6. The summed E-state index contributed by atoms with van der Waals surface area (Å²) in [4.78, 5) is 62.5. The highest BCUT2D eigenvalue weighted by atomic mass is 16.4. The van der Waals surface area contributed by atoms with E-state index in [9.17, 15) is 29.1 Å². The predicted octanol–water partition coefficient (Wildman–Crippen LogP) is -1.90. The zero-order valence-corrected chi connectivity index (χ0v) is 17.4. The molecule has 0 aliphatic rings. The van der Waals surface area contributed by atoms with Crippen LogP contribution in [0, 0.1) is 0 Å². The van der Waals surface area contributed by atoms with Crippen LogP contribution in [0.15, 0.2) is 30.5 Å². The first-order valence-corrected chi connectivity index (χ1v) is 9.78. The minimum atomic E-state index is -1.43. The van der Waals surface area contributed by atoms with Gasteiger partial charge in [-0.1, -0.05) is 18.2 Å². The van der Waals surface area contributed by atoms with E-state index < -0.39 is 54.1 Å². The van der Waals surface area contributed by atoms with Crippen LogP contribution in [0.4, 0.5) is 0 Å². The van der Waals surface area contributed by atoms with Gasteiger partial charge in [0, 0.05) is 23.5 Å². The lowest BCUT2D eigenvalue weighted by Gasteiger charge is -2.22. The number of aromatic nitrogens is 1. The summed E-state index contributed by atoms with van der Waals surface area (Å²) in [5.74, 6) is -4.43. The second-order valence-electron chi connectivity index (χ2n) is 7.19. The van der Waals surface area contributed by atoms with E-state index in [0.29, 0.717) is 5.56 Å². The van der Waals surface area contributed by atoms with Gasteiger partial charge in [0.15, 0.2) is 0 Å². The van der Waals surface area contributed by atoms with Gasteiger partial charge in [-0.2, -0.15) is 0 Å². The van der Waals surface area contributed by atoms with Crippen molar-refractivity contribution in [2.75, 3.05) is 6.54 Å². The number of fused-ring (bicyclic) bond motifs is 1. The van der Waals surface area contributed by atoms with Crippen molar-refractivity contribution in [1.82, 2.24) is 20.9 Å². The van der Waals surface area contributed by atoms with Gasteiger partial charge in [-0.15, -0.1) is 0 Å². The highest BCUT2D eigenvalue weighted by molar-refractivity contribution is 5.96. The monoisotopic (exact) mass is 446 g/mol. The molecule has 9 N–H and O–H groups in total. The average Bonchev–Trinajstić information content (AvgIpc) is 3.14. The van der Waals surface area contributed by atoms with Crippen molar-refractivity contribution in [2.45, 2.75) is 37.9 Å². The number of primary amides is 1. The fourth-order valence-corrected chi connectivity index (χ4v) is 3.07.